The Balaban J connectivity index is 0.000000637. The van der Waals surface area contributed by atoms with Gasteiger partial charge in [0.25, 0.3) is 0 Å². The molecule has 2 saturated carbocycles. The average Bonchev–Trinajstić information content (AvgIpc) is 3.28. The molecule has 1 N–H and O–H groups in total. The summed E-state index contributed by atoms with van der Waals surface area (Å²) >= 11 is 0. The molecule has 1 heteroatoms. The predicted octanol–water partition coefficient (Wildman–Crippen LogP) is 5.45. The first-order valence-electron chi connectivity index (χ1n) is 8.00. The maximum absolute atomic E-state index is 10.5. The van der Waals surface area contributed by atoms with Crippen LogP contribution >= 0.6 is 0 Å². The van der Waals surface area contributed by atoms with E-state index >= 15 is 0 Å². The van der Waals surface area contributed by atoms with E-state index < -0.39 is 0 Å². The van der Waals surface area contributed by atoms with Crippen LogP contribution in [0.15, 0.2) is 18.2 Å². The van der Waals surface area contributed by atoms with E-state index in [1.54, 1.807) is 0 Å². The molecule has 0 heterocycles. The van der Waals surface area contributed by atoms with Crippen molar-refractivity contribution in [2.45, 2.75) is 65.2 Å². The Kier molecular flexibility index (Phi) is 4.54. The highest BCUT2D eigenvalue weighted by atomic mass is 16.3. The van der Waals surface area contributed by atoms with Gasteiger partial charge in [-0.2, -0.15) is 0 Å². The number of hydrogen-bond donors (Lipinski definition) is 1. The normalized spacial score (nSPS) is 18.4. The van der Waals surface area contributed by atoms with Crippen molar-refractivity contribution in [2.75, 3.05) is 0 Å². The van der Waals surface area contributed by atoms with Gasteiger partial charge in [0.2, 0.25) is 0 Å². The number of phenolic OH excluding ortho intramolecular Hbond substituents is 1. The van der Waals surface area contributed by atoms with Crippen molar-refractivity contribution in [1.29, 1.82) is 0 Å². The first-order chi connectivity index (χ1) is 9.18. The lowest BCUT2D eigenvalue weighted by molar-refractivity contribution is 0.435. The SMILES string of the molecule is CC.CC(C)c1cccc(C(C2CC2)C2CC2)c1O. The van der Waals surface area contributed by atoms with Gasteiger partial charge in [-0.3, -0.25) is 0 Å². The maximum Gasteiger partial charge on any atom is 0.122 e. The third kappa shape index (κ3) is 3.13. The molecule has 0 bridgehead atoms. The zero-order valence-electron chi connectivity index (χ0n) is 12.8. The highest BCUT2D eigenvalue weighted by Crippen LogP contribution is 2.56. The zero-order chi connectivity index (χ0) is 14.0. The lowest BCUT2D eigenvalue weighted by atomic mass is 9.86. The molecule has 19 heavy (non-hydrogen) atoms. The zero-order valence-corrected chi connectivity index (χ0v) is 12.8. The van der Waals surface area contributed by atoms with Gasteiger partial charge in [0.05, 0.1) is 0 Å². The van der Waals surface area contributed by atoms with Gasteiger partial charge in [-0.15, -0.1) is 0 Å². The summed E-state index contributed by atoms with van der Waals surface area (Å²) < 4.78 is 0. The quantitative estimate of drug-likeness (QED) is 0.763. The van der Waals surface area contributed by atoms with E-state index in [0.29, 0.717) is 17.6 Å². The van der Waals surface area contributed by atoms with E-state index in [0.717, 1.165) is 17.4 Å². The number of aromatic hydroxyl groups is 1. The van der Waals surface area contributed by atoms with Crippen molar-refractivity contribution < 1.29 is 5.11 Å². The molecule has 0 aliphatic heterocycles. The molecule has 2 aliphatic carbocycles. The minimum Gasteiger partial charge on any atom is -0.507 e. The van der Waals surface area contributed by atoms with Gasteiger partial charge in [-0.25, -0.2) is 0 Å². The highest BCUT2D eigenvalue weighted by Gasteiger charge is 2.43. The summed E-state index contributed by atoms with van der Waals surface area (Å²) in [7, 11) is 0. The third-order valence-corrected chi connectivity index (χ3v) is 4.34. The van der Waals surface area contributed by atoms with Crippen LogP contribution in [-0.2, 0) is 0 Å². The van der Waals surface area contributed by atoms with Crippen LogP contribution in [0.1, 0.15) is 76.3 Å². The van der Waals surface area contributed by atoms with Gasteiger partial charge < -0.3 is 5.11 Å². The van der Waals surface area contributed by atoms with Crippen LogP contribution in [0.3, 0.4) is 0 Å². The Bertz CT molecular complexity index is 402. The smallest absolute Gasteiger partial charge is 0.122 e. The lowest BCUT2D eigenvalue weighted by Crippen LogP contribution is -2.05. The van der Waals surface area contributed by atoms with Crippen molar-refractivity contribution in [2.24, 2.45) is 11.8 Å². The fraction of sp³-hybridized carbons (Fsp3) is 0.667. The van der Waals surface area contributed by atoms with Crippen molar-refractivity contribution in [1.82, 2.24) is 0 Å². The van der Waals surface area contributed by atoms with Crippen molar-refractivity contribution >= 4 is 0 Å². The second-order valence-corrected chi connectivity index (χ2v) is 6.14. The van der Waals surface area contributed by atoms with E-state index in [9.17, 15) is 5.11 Å². The van der Waals surface area contributed by atoms with Gasteiger partial charge in [0.15, 0.2) is 0 Å². The summed E-state index contributed by atoms with van der Waals surface area (Å²) in [6.07, 6.45) is 5.47. The predicted molar refractivity (Wildman–Crippen MR) is 81.7 cm³/mol. The topological polar surface area (TPSA) is 20.2 Å². The monoisotopic (exact) mass is 260 g/mol. The Hall–Kier alpha value is -0.980. The lowest BCUT2D eigenvalue weighted by Gasteiger charge is -2.20. The molecule has 2 aliphatic rings. The largest absolute Gasteiger partial charge is 0.507 e. The summed E-state index contributed by atoms with van der Waals surface area (Å²) in [5.74, 6) is 3.36. The number of benzene rings is 1. The fourth-order valence-corrected chi connectivity index (χ4v) is 3.12. The summed E-state index contributed by atoms with van der Waals surface area (Å²) in [4.78, 5) is 0. The molecule has 0 radical (unpaired) electrons. The van der Waals surface area contributed by atoms with Crippen LogP contribution in [0.2, 0.25) is 0 Å². The van der Waals surface area contributed by atoms with Crippen LogP contribution < -0.4 is 0 Å². The molecule has 0 unspecified atom stereocenters. The third-order valence-electron chi connectivity index (χ3n) is 4.34. The Morgan fingerprint density at radius 1 is 0.947 bits per heavy atom. The molecule has 3 rings (SSSR count). The standard InChI is InChI=1S/C16H22O.C2H6/c1-10(2)13-4-3-5-14(16(13)17)15(11-6-7-11)12-8-9-12;1-2/h3-5,10-12,15,17H,6-9H2,1-2H3;1-2H3. The first kappa shape index (κ1) is 14.4. The van der Waals surface area contributed by atoms with Crippen molar-refractivity contribution in [3.63, 3.8) is 0 Å². The molecule has 0 spiro atoms. The van der Waals surface area contributed by atoms with Crippen LogP contribution in [0.5, 0.6) is 5.75 Å². The molecule has 1 aromatic carbocycles. The molecule has 106 valence electrons. The molecule has 0 atom stereocenters. The Labute approximate surface area is 118 Å². The number of hydrogen-bond acceptors (Lipinski definition) is 1. The second-order valence-electron chi connectivity index (χ2n) is 6.14. The van der Waals surface area contributed by atoms with E-state index in [1.807, 2.05) is 13.8 Å². The second kappa shape index (κ2) is 5.98. The number of rotatable bonds is 4. The van der Waals surface area contributed by atoms with Crippen LogP contribution in [0.4, 0.5) is 0 Å². The first-order valence-corrected chi connectivity index (χ1v) is 8.00. The maximum atomic E-state index is 10.5. The fourth-order valence-electron chi connectivity index (χ4n) is 3.12. The van der Waals surface area contributed by atoms with Crippen molar-refractivity contribution in [3.05, 3.63) is 29.3 Å². The van der Waals surface area contributed by atoms with Gasteiger partial charge in [-0.05, 0) is 60.5 Å². The minimum atomic E-state index is 0.411. The summed E-state index contributed by atoms with van der Waals surface area (Å²) in [6, 6.07) is 6.35. The summed E-state index contributed by atoms with van der Waals surface area (Å²) in [5, 5.41) is 10.5. The van der Waals surface area contributed by atoms with Gasteiger partial charge in [0.1, 0.15) is 5.75 Å². The molecular formula is C18H28O. The number of phenols is 1. The summed E-state index contributed by atoms with van der Waals surface area (Å²) in [6.45, 7) is 8.31. The Morgan fingerprint density at radius 2 is 1.42 bits per heavy atom. The molecule has 1 aromatic rings. The number of para-hydroxylation sites is 1. The molecule has 1 nitrogen and oxygen atoms in total. The van der Waals surface area contributed by atoms with Gasteiger partial charge in [-0.1, -0.05) is 45.9 Å². The molecule has 0 saturated heterocycles. The van der Waals surface area contributed by atoms with E-state index in [4.69, 9.17) is 0 Å². The molecule has 0 aromatic heterocycles. The molecule has 2 fully saturated rings. The van der Waals surface area contributed by atoms with Crippen LogP contribution in [-0.4, -0.2) is 5.11 Å². The van der Waals surface area contributed by atoms with Gasteiger partial charge in [0, 0.05) is 0 Å². The highest BCUT2D eigenvalue weighted by molar-refractivity contribution is 5.45. The van der Waals surface area contributed by atoms with Crippen LogP contribution in [0, 0.1) is 11.8 Å². The molecular weight excluding hydrogens is 232 g/mol. The van der Waals surface area contributed by atoms with Crippen LogP contribution in [0.25, 0.3) is 0 Å². The van der Waals surface area contributed by atoms with Gasteiger partial charge >= 0.3 is 0 Å². The minimum absolute atomic E-state index is 0.411. The van der Waals surface area contributed by atoms with Crippen molar-refractivity contribution in [3.8, 4) is 5.75 Å². The average molecular weight is 260 g/mol. The van der Waals surface area contributed by atoms with E-state index in [1.165, 1.54) is 31.2 Å². The summed E-state index contributed by atoms with van der Waals surface area (Å²) in [5.41, 5.74) is 2.36. The van der Waals surface area contributed by atoms with E-state index in [2.05, 4.69) is 32.0 Å². The Morgan fingerprint density at radius 3 is 1.84 bits per heavy atom. The molecule has 0 amide bonds. The van der Waals surface area contributed by atoms with E-state index in [-0.39, 0.29) is 0 Å².